The van der Waals surface area contributed by atoms with Crippen LogP contribution in [-0.4, -0.2) is 39.0 Å². The summed E-state index contributed by atoms with van der Waals surface area (Å²) >= 11 is 6.09. The van der Waals surface area contributed by atoms with E-state index in [0.29, 0.717) is 19.1 Å². The molecule has 2 heterocycles. The van der Waals surface area contributed by atoms with Gasteiger partial charge in [0.05, 0.1) is 12.6 Å². The van der Waals surface area contributed by atoms with Crippen molar-refractivity contribution in [3.05, 3.63) is 53.3 Å². The molecule has 5 heteroatoms. The number of likely N-dealkylation sites (tertiary alicyclic amines) is 1. The molecule has 1 aromatic heterocycles. The molecule has 21 heavy (non-hydrogen) atoms. The van der Waals surface area contributed by atoms with Gasteiger partial charge in [-0.1, -0.05) is 23.7 Å². The molecule has 0 spiro atoms. The van der Waals surface area contributed by atoms with Crippen LogP contribution < -0.4 is 0 Å². The van der Waals surface area contributed by atoms with Crippen molar-refractivity contribution in [3.63, 3.8) is 0 Å². The molecule has 112 valence electrons. The summed E-state index contributed by atoms with van der Waals surface area (Å²) in [5.41, 5.74) is 1.24. The minimum atomic E-state index is -0.412. The lowest BCUT2D eigenvalue weighted by Crippen LogP contribution is -2.34. The zero-order valence-corrected chi connectivity index (χ0v) is 12.7. The Labute approximate surface area is 130 Å². The number of aliphatic hydroxyl groups excluding tert-OH is 1. The monoisotopic (exact) mass is 305 g/mol. The Kier molecular flexibility index (Phi) is 4.58. The number of rotatable bonds is 5. The van der Waals surface area contributed by atoms with E-state index in [1.54, 1.807) is 10.9 Å². The molecule has 0 amide bonds. The summed E-state index contributed by atoms with van der Waals surface area (Å²) in [6.45, 7) is 2.22. The third-order valence-corrected chi connectivity index (χ3v) is 4.23. The van der Waals surface area contributed by atoms with Crippen LogP contribution in [-0.2, 0) is 6.54 Å². The van der Waals surface area contributed by atoms with Crippen molar-refractivity contribution in [2.45, 2.75) is 31.5 Å². The standard InChI is InChI=1S/C16H20ClN3O/c17-14-5-1-4-13(10-14)16-6-2-8-19(16)11-15(21)12-20-9-3-7-18-20/h1,3-5,7,9-10,15-16,21H,2,6,8,11-12H2/t15-,16+/m1/s1. The van der Waals surface area contributed by atoms with Gasteiger partial charge in [-0.2, -0.15) is 5.10 Å². The summed E-state index contributed by atoms with van der Waals surface area (Å²) in [5, 5.41) is 15.2. The first-order valence-corrected chi connectivity index (χ1v) is 7.75. The quantitative estimate of drug-likeness (QED) is 0.923. The van der Waals surface area contributed by atoms with E-state index in [1.807, 2.05) is 30.5 Å². The van der Waals surface area contributed by atoms with Gasteiger partial charge in [0, 0.05) is 30.0 Å². The maximum Gasteiger partial charge on any atom is 0.0862 e. The molecule has 1 N–H and O–H groups in total. The Balaban J connectivity index is 1.64. The van der Waals surface area contributed by atoms with E-state index in [0.717, 1.165) is 24.4 Å². The topological polar surface area (TPSA) is 41.3 Å². The van der Waals surface area contributed by atoms with E-state index < -0.39 is 6.10 Å². The number of aliphatic hydroxyl groups is 1. The number of benzene rings is 1. The third-order valence-electron chi connectivity index (χ3n) is 4.00. The van der Waals surface area contributed by atoms with Crippen molar-refractivity contribution in [1.82, 2.24) is 14.7 Å². The van der Waals surface area contributed by atoms with Gasteiger partial charge in [0.2, 0.25) is 0 Å². The average Bonchev–Trinajstić information content (AvgIpc) is 3.10. The summed E-state index contributed by atoms with van der Waals surface area (Å²) in [5.74, 6) is 0. The van der Waals surface area contributed by atoms with Crippen LogP contribution >= 0.6 is 11.6 Å². The molecular formula is C16H20ClN3O. The molecule has 1 saturated heterocycles. The van der Waals surface area contributed by atoms with Crippen LogP contribution in [0, 0.1) is 0 Å². The summed E-state index contributed by atoms with van der Waals surface area (Å²) in [6, 6.07) is 10.3. The van der Waals surface area contributed by atoms with E-state index in [-0.39, 0.29) is 0 Å². The normalized spacial score (nSPS) is 20.8. The minimum absolute atomic E-state index is 0.357. The molecule has 0 saturated carbocycles. The maximum absolute atomic E-state index is 10.3. The first-order chi connectivity index (χ1) is 10.2. The Morgan fingerprint density at radius 3 is 3.00 bits per heavy atom. The fourth-order valence-corrected chi connectivity index (χ4v) is 3.29. The molecule has 4 nitrogen and oxygen atoms in total. The van der Waals surface area contributed by atoms with Gasteiger partial charge in [-0.05, 0) is 43.1 Å². The minimum Gasteiger partial charge on any atom is -0.390 e. The number of halogens is 1. The molecule has 2 aromatic rings. The van der Waals surface area contributed by atoms with Gasteiger partial charge in [0.1, 0.15) is 0 Å². The van der Waals surface area contributed by atoms with Gasteiger partial charge >= 0.3 is 0 Å². The molecule has 1 aliphatic rings. The number of hydrogen-bond donors (Lipinski definition) is 1. The lowest BCUT2D eigenvalue weighted by Gasteiger charge is -2.27. The van der Waals surface area contributed by atoms with Crippen LogP contribution in [0.3, 0.4) is 0 Å². The molecule has 1 aliphatic heterocycles. The number of hydrogen-bond acceptors (Lipinski definition) is 3. The fraction of sp³-hybridized carbons (Fsp3) is 0.438. The highest BCUT2D eigenvalue weighted by Gasteiger charge is 2.27. The van der Waals surface area contributed by atoms with Crippen LogP contribution in [0.15, 0.2) is 42.7 Å². The largest absolute Gasteiger partial charge is 0.390 e. The molecule has 0 aliphatic carbocycles. The van der Waals surface area contributed by atoms with Gasteiger partial charge in [0.15, 0.2) is 0 Å². The van der Waals surface area contributed by atoms with E-state index in [1.165, 1.54) is 5.56 Å². The van der Waals surface area contributed by atoms with Gasteiger partial charge in [0.25, 0.3) is 0 Å². The van der Waals surface area contributed by atoms with E-state index in [9.17, 15) is 5.11 Å². The van der Waals surface area contributed by atoms with Crippen LogP contribution in [0.25, 0.3) is 0 Å². The van der Waals surface area contributed by atoms with Crippen molar-refractivity contribution in [3.8, 4) is 0 Å². The highest BCUT2D eigenvalue weighted by atomic mass is 35.5. The van der Waals surface area contributed by atoms with Gasteiger partial charge in [-0.15, -0.1) is 0 Å². The Bertz CT molecular complexity index is 573. The molecule has 0 bridgehead atoms. The first-order valence-electron chi connectivity index (χ1n) is 7.37. The summed E-state index contributed by atoms with van der Waals surface area (Å²) in [4.78, 5) is 2.35. The summed E-state index contributed by atoms with van der Waals surface area (Å²) in [7, 11) is 0. The van der Waals surface area contributed by atoms with Crippen molar-refractivity contribution >= 4 is 11.6 Å². The van der Waals surface area contributed by atoms with Crippen LogP contribution in [0.1, 0.15) is 24.4 Å². The number of aromatic nitrogens is 2. The Hall–Kier alpha value is -1.36. The Morgan fingerprint density at radius 2 is 2.24 bits per heavy atom. The van der Waals surface area contributed by atoms with Gasteiger partial charge < -0.3 is 5.11 Å². The molecule has 0 unspecified atom stereocenters. The highest BCUT2D eigenvalue weighted by Crippen LogP contribution is 2.32. The molecular weight excluding hydrogens is 286 g/mol. The lowest BCUT2D eigenvalue weighted by molar-refractivity contribution is 0.0891. The fourth-order valence-electron chi connectivity index (χ4n) is 3.09. The van der Waals surface area contributed by atoms with Crippen molar-refractivity contribution in [1.29, 1.82) is 0 Å². The molecule has 1 fully saturated rings. The van der Waals surface area contributed by atoms with Crippen LogP contribution in [0.5, 0.6) is 0 Å². The summed E-state index contributed by atoms with van der Waals surface area (Å²) < 4.78 is 1.77. The molecule has 2 atom stereocenters. The highest BCUT2D eigenvalue weighted by molar-refractivity contribution is 6.30. The molecule has 0 radical (unpaired) electrons. The van der Waals surface area contributed by atoms with Crippen LogP contribution in [0.4, 0.5) is 0 Å². The van der Waals surface area contributed by atoms with E-state index in [4.69, 9.17) is 11.6 Å². The molecule has 3 rings (SSSR count). The second-order valence-electron chi connectivity index (χ2n) is 5.59. The van der Waals surface area contributed by atoms with Crippen molar-refractivity contribution in [2.75, 3.05) is 13.1 Å². The smallest absolute Gasteiger partial charge is 0.0862 e. The SMILES string of the molecule is O[C@H](CN1CCC[C@H]1c1cccc(Cl)c1)Cn1cccn1. The number of nitrogens with zero attached hydrogens (tertiary/aromatic N) is 3. The third kappa shape index (κ3) is 3.64. The van der Waals surface area contributed by atoms with Gasteiger partial charge in [-0.25, -0.2) is 0 Å². The second kappa shape index (κ2) is 6.60. The maximum atomic E-state index is 10.3. The second-order valence-corrected chi connectivity index (χ2v) is 6.03. The zero-order chi connectivity index (χ0) is 14.7. The number of β-amino-alcohol motifs (C(OH)–C–C–N with tert-alkyl or cyclic N) is 1. The summed E-state index contributed by atoms with van der Waals surface area (Å²) in [6.07, 6.45) is 5.48. The predicted octanol–water partition coefficient (Wildman–Crippen LogP) is 2.73. The van der Waals surface area contributed by atoms with E-state index in [2.05, 4.69) is 16.1 Å². The van der Waals surface area contributed by atoms with Crippen molar-refractivity contribution in [2.24, 2.45) is 0 Å². The van der Waals surface area contributed by atoms with Gasteiger partial charge in [-0.3, -0.25) is 9.58 Å². The Morgan fingerprint density at radius 1 is 1.33 bits per heavy atom. The zero-order valence-electron chi connectivity index (χ0n) is 11.9. The lowest BCUT2D eigenvalue weighted by atomic mass is 10.0. The first kappa shape index (κ1) is 14.6. The predicted molar refractivity (Wildman–Crippen MR) is 83.2 cm³/mol. The van der Waals surface area contributed by atoms with E-state index >= 15 is 0 Å². The van der Waals surface area contributed by atoms with Crippen LogP contribution in [0.2, 0.25) is 5.02 Å². The average molecular weight is 306 g/mol. The van der Waals surface area contributed by atoms with Crippen molar-refractivity contribution < 1.29 is 5.11 Å². The molecule has 1 aromatic carbocycles.